The summed E-state index contributed by atoms with van der Waals surface area (Å²) < 4.78 is 0. The summed E-state index contributed by atoms with van der Waals surface area (Å²) in [5.74, 6) is -0.411. The molecule has 0 radical (unpaired) electrons. The summed E-state index contributed by atoms with van der Waals surface area (Å²) in [5.41, 5.74) is 5.93. The average molecular weight is 322 g/mol. The lowest BCUT2D eigenvalue weighted by molar-refractivity contribution is -0.151. The molecule has 130 valence electrons. The number of likely N-dealkylation sites (tertiary alicyclic amines) is 1. The molecule has 3 fully saturated rings. The first-order chi connectivity index (χ1) is 11.1. The highest BCUT2D eigenvalue weighted by Crippen LogP contribution is 2.43. The summed E-state index contributed by atoms with van der Waals surface area (Å²) in [5, 5.41) is 9.59. The van der Waals surface area contributed by atoms with Crippen molar-refractivity contribution in [1.29, 1.82) is 0 Å². The van der Waals surface area contributed by atoms with Gasteiger partial charge < -0.3 is 15.7 Å². The van der Waals surface area contributed by atoms with Gasteiger partial charge in [-0.15, -0.1) is 0 Å². The number of fused-ring (bicyclic) bond motifs is 1. The molecule has 3 unspecified atom stereocenters. The average Bonchev–Trinajstić information content (AvgIpc) is 2.95. The van der Waals surface area contributed by atoms with E-state index in [0.717, 1.165) is 44.9 Å². The Labute approximate surface area is 138 Å². The molecule has 1 amide bonds. The van der Waals surface area contributed by atoms with E-state index in [1.54, 1.807) is 4.90 Å². The van der Waals surface area contributed by atoms with Crippen molar-refractivity contribution in [2.75, 3.05) is 6.54 Å². The number of rotatable bonds is 4. The summed E-state index contributed by atoms with van der Waals surface area (Å²) in [6, 6.07) is -0.468. The first-order valence-corrected chi connectivity index (χ1v) is 9.30. The van der Waals surface area contributed by atoms with Crippen LogP contribution in [0.15, 0.2) is 0 Å². The van der Waals surface area contributed by atoms with E-state index in [-0.39, 0.29) is 17.4 Å². The van der Waals surface area contributed by atoms with E-state index in [4.69, 9.17) is 5.73 Å². The number of hydrogen-bond donors (Lipinski definition) is 2. The molecule has 23 heavy (non-hydrogen) atoms. The van der Waals surface area contributed by atoms with E-state index in [9.17, 15) is 14.7 Å². The molecule has 0 bridgehead atoms. The summed E-state index contributed by atoms with van der Waals surface area (Å²) in [4.78, 5) is 26.5. The lowest BCUT2D eigenvalue weighted by Crippen LogP contribution is -2.49. The first kappa shape index (κ1) is 16.7. The van der Waals surface area contributed by atoms with Gasteiger partial charge in [-0.2, -0.15) is 0 Å². The van der Waals surface area contributed by atoms with E-state index in [1.165, 1.54) is 12.8 Å². The molecular formula is C18H30N2O3. The largest absolute Gasteiger partial charge is 0.480 e. The van der Waals surface area contributed by atoms with Gasteiger partial charge in [-0.3, -0.25) is 4.79 Å². The highest BCUT2D eigenvalue weighted by molar-refractivity contribution is 5.85. The number of amides is 1. The molecule has 2 aliphatic carbocycles. The van der Waals surface area contributed by atoms with Gasteiger partial charge in [0.15, 0.2) is 0 Å². The third kappa shape index (κ3) is 3.25. The van der Waals surface area contributed by atoms with Gasteiger partial charge >= 0.3 is 5.97 Å². The molecule has 3 N–H and O–H groups in total. The zero-order chi connectivity index (χ0) is 16.4. The number of carboxylic acid groups (broad SMARTS) is 1. The molecule has 3 aliphatic rings. The van der Waals surface area contributed by atoms with Crippen LogP contribution >= 0.6 is 0 Å². The van der Waals surface area contributed by atoms with Crippen molar-refractivity contribution in [3.8, 4) is 0 Å². The first-order valence-electron chi connectivity index (χ1n) is 9.30. The van der Waals surface area contributed by atoms with Gasteiger partial charge in [0.05, 0.1) is 0 Å². The summed E-state index contributed by atoms with van der Waals surface area (Å²) in [6.07, 6.45) is 10.9. The molecule has 5 heteroatoms. The highest BCUT2D eigenvalue weighted by atomic mass is 16.4. The third-order valence-electron chi connectivity index (χ3n) is 6.53. The van der Waals surface area contributed by atoms with Crippen molar-refractivity contribution in [1.82, 2.24) is 4.90 Å². The number of carbonyl (C=O) groups is 2. The molecule has 0 aromatic carbocycles. The van der Waals surface area contributed by atoms with E-state index < -0.39 is 12.0 Å². The molecule has 3 atom stereocenters. The SMILES string of the molecule is NCC1(CC(=O)N2C(C(=O)O)CC3CCCCC32)CCCCC1. The van der Waals surface area contributed by atoms with Crippen LogP contribution in [0.25, 0.3) is 0 Å². The van der Waals surface area contributed by atoms with Crippen LogP contribution in [0.3, 0.4) is 0 Å². The number of carboxylic acids is 1. The Morgan fingerprint density at radius 2 is 1.78 bits per heavy atom. The molecule has 5 nitrogen and oxygen atoms in total. The molecule has 0 aromatic heterocycles. The predicted octanol–water partition coefficient (Wildman–Crippen LogP) is 2.53. The Kier molecular flexibility index (Phi) is 4.95. The minimum Gasteiger partial charge on any atom is -0.480 e. The van der Waals surface area contributed by atoms with Crippen LogP contribution in [0.5, 0.6) is 0 Å². The van der Waals surface area contributed by atoms with Crippen LogP contribution in [0.1, 0.15) is 70.6 Å². The Bertz CT molecular complexity index is 459. The minimum absolute atomic E-state index is 0.0409. The molecule has 2 saturated carbocycles. The fraction of sp³-hybridized carbons (Fsp3) is 0.889. The van der Waals surface area contributed by atoms with Gasteiger partial charge in [0, 0.05) is 12.5 Å². The zero-order valence-electron chi connectivity index (χ0n) is 14.0. The van der Waals surface area contributed by atoms with Crippen LogP contribution in [0.2, 0.25) is 0 Å². The minimum atomic E-state index is -0.835. The summed E-state index contributed by atoms with van der Waals surface area (Å²) in [7, 11) is 0. The Balaban J connectivity index is 1.76. The fourth-order valence-corrected chi connectivity index (χ4v) is 5.21. The Hall–Kier alpha value is -1.10. The van der Waals surface area contributed by atoms with Crippen LogP contribution in [0.4, 0.5) is 0 Å². The smallest absolute Gasteiger partial charge is 0.326 e. The van der Waals surface area contributed by atoms with Gasteiger partial charge in [0.25, 0.3) is 0 Å². The monoisotopic (exact) mass is 322 g/mol. The maximum atomic E-state index is 13.1. The van der Waals surface area contributed by atoms with E-state index in [1.807, 2.05) is 0 Å². The number of hydrogen-bond acceptors (Lipinski definition) is 3. The number of nitrogens with two attached hydrogens (primary N) is 1. The number of carbonyl (C=O) groups excluding carboxylic acids is 1. The van der Waals surface area contributed by atoms with Gasteiger partial charge in [-0.25, -0.2) is 4.79 Å². The molecule has 0 aromatic rings. The van der Waals surface area contributed by atoms with Crippen LogP contribution in [-0.2, 0) is 9.59 Å². The molecule has 3 rings (SSSR count). The van der Waals surface area contributed by atoms with Crippen LogP contribution in [0, 0.1) is 11.3 Å². The van der Waals surface area contributed by atoms with Crippen LogP contribution < -0.4 is 5.73 Å². The number of aliphatic carboxylic acids is 1. The maximum Gasteiger partial charge on any atom is 0.326 e. The summed E-state index contributed by atoms with van der Waals surface area (Å²) >= 11 is 0. The van der Waals surface area contributed by atoms with Crippen molar-refractivity contribution < 1.29 is 14.7 Å². The van der Waals surface area contributed by atoms with E-state index in [0.29, 0.717) is 25.3 Å². The predicted molar refractivity (Wildman–Crippen MR) is 87.8 cm³/mol. The zero-order valence-corrected chi connectivity index (χ0v) is 14.0. The molecule has 1 saturated heterocycles. The maximum absolute atomic E-state index is 13.1. The second kappa shape index (κ2) is 6.80. The fourth-order valence-electron chi connectivity index (χ4n) is 5.21. The van der Waals surface area contributed by atoms with E-state index >= 15 is 0 Å². The van der Waals surface area contributed by atoms with Crippen LogP contribution in [-0.4, -0.2) is 40.5 Å². The topological polar surface area (TPSA) is 83.6 Å². The molecule has 1 aliphatic heterocycles. The molecule has 0 spiro atoms. The van der Waals surface area contributed by atoms with Gasteiger partial charge in [0.1, 0.15) is 6.04 Å². The lowest BCUT2D eigenvalue weighted by atomic mass is 9.71. The normalized spacial score (nSPS) is 33.3. The quantitative estimate of drug-likeness (QED) is 0.833. The van der Waals surface area contributed by atoms with E-state index in [2.05, 4.69) is 0 Å². The second-order valence-corrected chi connectivity index (χ2v) is 7.94. The van der Waals surface area contributed by atoms with Gasteiger partial charge in [0.2, 0.25) is 5.91 Å². The van der Waals surface area contributed by atoms with Crippen molar-refractivity contribution >= 4 is 11.9 Å². The Morgan fingerprint density at radius 1 is 1.09 bits per heavy atom. The lowest BCUT2D eigenvalue weighted by Gasteiger charge is -2.39. The van der Waals surface area contributed by atoms with Gasteiger partial charge in [-0.1, -0.05) is 32.1 Å². The molecular weight excluding hydrogens is 292 g/mol. The Morgan fingerprint density at radius 3 is 2.43 bits per heavy atom. The van der Waals surface area contributed by atoms with Crippen molar-refractivity contribution in [3.05, 3.63) is 0 Å². The van der Waals surface area contributed by atoms with Crippen molar-refractivity contribution in [2.24, 2.45) is 17.1 Å². The number of nitrogens with zero attached hydrogens (tertiary/aromatic N) is 1. The second-order valence-electron chi connectivity index (χ2n) is 7.94. The molecule has 1 heterocycles. The van der Waals surface area contributed by atoms with Crippen molar-refractivity contribution in [2.45, 2.75) is 82.7 Å². The van der Waals surface area contributed by atoms with Crippen molar-refractivity contribution in [3.63, 3.8) is 0 Å². The standard InChI is InChI=1S/C18H30N2O3/c19-12-18(8-4-1-5-9-18)11-16(21)20-14-7-3-2-6-13(14)10-15(20)17(22)23/h13-15H,1-12,19H2,(H,22,23). The summed E-state index contributed by atoms with van der Waals surface area (Å²) in [6.45, 7) is 0.540. The highest BCUT2D eigenvalue weighted by Gasteiger charge is 2.48. The van der Waals surface area contributed by atoms with Gasteiger partial charge in [-0.05, 0) is 50.0 Å². The third-order valence-corrected chi connectivity index (χ3v) is 6.53.